The number of H-pyrrole nitrogens is 1. The Balaban J connectivity index is 2.88. The van der Waals surface area contributed by atoms with E-state index in [0.717, 1.165) is 11.3 Å². The summed E-state index contributed by atoms with van der Waals surface area (Å²) in [6, 6.07) is 0. The van der Waals surface area contributed by atoms with Crippen LogP contribution in [0.2, 0.25) is 0 Å². The second-order valence-electron chi connectivity index (χ2n) is 3.65. The summed E-state index contributed by atoms with van der Waals surface area (Å²) >= 11 is 1.14. The number of aromatic amines is 1. The van der Waals surface area contributed by atoms with Crippen LogP contribution in [0.5, 0.6) is 0 Å². The zero-order valence-corrected chi connectivity index (χ0v) is 10.1. The van der Waals surface area contributed by atoms with E-state index in [0.29, 0.717) is 20.7 Å². The normalized spacial score (nSPS) is 10.7. The smallest absolute Gasteiger partial charge is 0.260 e. The minimum absolute atomic E-state index is 0.0267. The lowest BCUT2D eigenvalue weighted by Gasteiger charge is -1.97. The van der Waals surface area contributed by atoms with Gasteiger partial charge in [0, 0.05) is 0 Å². The van der Waals surface area contributed by atoms with Crippen LogP contribution in [0.4, 0.5) is 0 Å². The van der Waals surface area contributed by atoms with Crippen molar-refractivity contribution in [2.75, 3.05) is 0 Å². The van der Waals surface area contributed by atoms with E-state index < -0.39 is 0 Å². The van der Waals surface area contributed by atoms with Gasteiger partial charge in [0.1, 0.15) is 4.83 Å². The molecule has 0 fully saturated rings. The van der Waals surface area contributed by atoms with Crippen molar-refractivity contribution in [3.63, 3.8) is 0 Å². The molecular formula is C11H10N2O3S. The summed E-state index contributed by atoms with van der Waals surface area (Å²) in [5.74, 6) is -0.382. The standard InChI is InChI=1S/C11H10N2O3S/c1-4-7-10(16)12-9(6(3)15)13-11(7)17-8(4)5(2)14/h15H,3H2,1-2H3,(H,12,13,16). The number of rotatable bonds is 2. The summed E-state index contributed by atoms with van der Waals surface area (Å²) < 4.78 is 0. The van der Waals surface area contributed by atoms with Crippen molar-refractivity contribution in [2.24, 2.45) is 0 Å². The van der Waals surface area contributed by atoms with Gasteiger partial charge < -0.3 is 10.1 Å². The predicted molar refractivity (Wildman–Crippen MR) is 66.6 cm³/mol. The zero-order valence-electron chi connectivity index (χ0n) is 9.33. The maximum atomic E-state index is 11.8. The number of Topliss-reactive ketones (excluding diaryl/α,β-unsaturated/α-hetero) is 1. The highest BCUT2D eigenvalue weighted by Gasteiger charge is 2.17. The highest BCUT2D eigenvalue weighted by atomic mass is 32.1. The number of nitrogens with one attached hydrogen (secondary N) is 1. The van der Waals surface area contributed by atoms with Gasteiger partial charge in [0.15, 0.2) is 17.4 Å². The summed E-state index contributed by atoms with van der Waals surface area (Å²) in [7, 11) is 0. The number of nitrogens with zero attached hydrogens (tertiary/aromatic N) is 1. The molecule has 2 aromatic heterocycles. The Morgan fingerprint density at radius 3 is 2.71 bits per heavy atom. The Hall–Kier alpha value is -1.95. The first-order valence-corrected chi connectivity index (χ1v) is 5.66. The van der Waals surface area contributed by atoms with Crippen molar-refractivity contribution < 1.29 is 9.90 Å². The van der Waals surface area contributed by atoms with E-state index in [1.807, 2.05) is 0 Å². The van der Waals surface area contributed by atoms with E-state index in [2.05, 4.69) is 16.5 Å². The number of hydrogen-bond donors (Lipinski definition) is 2. The third kappa shape index (κ3) is 1.76. The number of ketones is 1. The molecule has 0 aliphatic rings. The molecule has 2 aromatic rings. The van der Waals surface area contributed by atoms with Gasteiger partial charge >= 0.3 is 0 Å². The zero-order chi connectivity index (χ0) is 12.7. The molecule has 0 aromatic carbocycles. The molecule has 0 bridgehead atoms. The number of carbonyl (C=O) groups is 1. The first-order valence-electron chi connectivity index (χ1n) is 4.84. The summed E-state index contributed by atoms with van der Waals surface area (Å²) in [4.78, 5) is 30.6. The number of aromatic nitrogens is 2. The number of aliphatic hydroxyl groups excluding tert-OH is 1. The Kier molecular flexibility index (Phi) is 2.59. The van der Waals surface area contributed by atoms with Crippen LogP contribution in [-0.4, -0.2) is 20.9 Å². The molecule has 5 nitrogen and oxygen atoms in total. The minimum Gasteiger partial charge on any atom is -0.505 e. The fourth-order valence-corrected chi connectivity index (χ4v) is 2.69. The monoisotopic (exact) mass is 250 g/mol. The van der Waals surface area contributed by atoms with Gasteiger partial charge in [-0.25, -0.2) is 4.98 Å². The molecule has 0 spiro atoms. The number of carbonyl (C=O) groups excluding carboxylic acids is 1. The molecular weight excluding hydrogens is 240 g/mol. The van der Waals surface area contributed by atoms with Crippen LogP contribution >= 0.6 is 11.3 Å². The number of fused-ring (bicyclic) bond motifs is 1. The summed E-state index contributed by atoms with van der Waals surface area (Å²) in [6.07, 6.45) is 0. The molecule has 0 amide bonds. The first-order chi connectivity index (χ1) is 7.91. The van der Waals surface area contributed by atoms with Crippen molar-refractivity contribution in [2.45, 2.75) is 13.8 Å². The van der Waals surface area contributed by atoms with E-state index in [9.17, 15) is 14.7 Å². The third-order valence-electron chi connectivity index (χ3n) is 2.39. The molecule has 6 heteroatoms. The molecule has 2 rings (SSSR count). The Morgan fingerprint density at radius 2 is 2.18 bits per heavy atom. The largest absolute Gasteiger partial charge is 0.505 e. The van der Waals surface area contributed by atoms with E-state index in [-0.39, 0.29) is 22.9 Å². The number of aliphatic hydroxyl groups is 1. The molecule has 0 aliphatic heterocycles. The molecule has 88 valence electrons. The fraction of sp³-hybridized carbons (Fsp3) is 0.182. The van der Waals surface area contributed by atoms with Crippen LogP contribution in [-0.2, 0) is 0 Å². The molecule has 0 saturated carbocycles. The molecule has 0 unspecified atom stereocenters. The van der Waals surface area contributed by atoms with Gasteiger partial charge in [0.05, 0.1) is 10.3 Å². The van der Waals surface area contributed by atoms with E-state index in [4.69, 9.17) is 0 Å². The van der Waals surface area contributed by atoms with Crippen molar-refractivity contribution in [1.29, 1.82) is 0 Å². The highest BCUT2D eigenvalue weighted by molar-refractivity contribution is 7.20. The SMILES string of the molecule is C=C(O)c1nc2sc(C(C)=O)c(C)c2c(=O)[nH]1. The molecule has 2 N–H and O–H groups in total. The van der Waals surface area contributed by atoms with Gasteiger partial charge in [-0.15, -0.1) is 11.3 Å². The maximum absolute atomic E-state index is 11.8. The Labute approximate surface area is 100 Å². The molecule has 0 radical (unpaired) electrons. The summed E-state index contributed by atoms with van der Waals surface area (Å²) in [5.41, 5.74) is 0.253. The average molecular weight is 250 g/mol. The van der Waals surface area contributed by atoms with Crippen LogP contribution in [0.25, 0.3) is 16.0 Å². The minimum atomic E-state index is -0.374. The van der Waals surface area contributed by atoms with E-state index in [1.54, 1.807) is 6.92 Å². The number of thiophene rings is 1. The predicted octanol–water partition coefficient (Wildman–Crippen LogP) is 2.02. The van der Waals surface area contributed by atoms with Gasteiger partial charge in [0.2, 0.25) is 0 Å². The van der Waals surface area contributed by atoms with Crippen LogP contribution in [0, 0.1) is 6.92 Å². The first kappa shape index (κ1) is 11.5. The van der Waals surface area contributed by atoms with Gasteiger partial charge in [-0.1, -0.05) is 6.58 Å². The number of aryl methyl sites for hydroxylation is 1. The third-order valence-corrected chi connectivity index (χ3v) is 3.68. The van der Waals surface area contributed by atoms with E-state index in [1.165, 1.54) is 6.92 Å². The molecule has 0 aliphatic carbocycles. The van der Waals surface area contributed by atoms with Gasteiger partial charge in [-0.05, 0) is 19.4 Å². The second-order valence-corrected chi connectivity index (χ2v) is 4.65. The van der Waals surface area contributed by atoms with Crippen LogP contribution in [0.1, 0.15) is 28.0 Å². The highest BCUT2D eigenvalue weighted by Crippen LogP contribution is 2.27. The van der Waals surface area contributed by atoms with Crippen LogP contribution < -0.4 is 5.56 Å². The maximum Gasteiger partial charge on any atom is 0.260 e. The summed E-state index contributed by atoms with van der Waals surface area (Å²) in [5, 5.41) is 9.60. The lowest BCUT2D eigenvalue weighted by molar-refractivity contribution is 0.102. The van der Waals surface area contributed by atoms with Crippen molar-refractivity contribution >= 4 is 33.1 Å². The lowest BCUT2D eigenvalue weighted by atomic mass is 10.2. The van der Waals surface area contributed by atoms with Crippen molar-refractivity contribution in [3.05, 3.63) is 33.2 Å². The topological polar surface area (TPSA) is 83.1 Å². The second kappa shape index (κ2) is 3.81. The molecule has 17 heavy (non-hydrogen) atoms. The van der Waals surface area contributed by atoms with Crippen molar-refractivity contribution in [1.82, 2.24) is 9.97 Å². The van der Waals surface area contributed by atoms with Gasteiger partial charge in [0.25, 0.3) is 5.56 Å². The fourth-order valence-electron chi connectivity index (χ4n) is 1.62. The molecule has 2 heterocycles. The molecule has 0 saturated heterocycles. The number of hydrogen-bond acceptors (Lipinski definition) is 5. The average Bonchev–Trinajstić information content (AvgIpc) is 2.56. The van der Waals surface area contributed by atoms with Gasteiger partial charge in [-0.3, -0.25) is 9.59 Å². The quantitative estimate of drug-likeness (QED) is 0.631. The molecule has 0 atom stereocenters. The van der Waals surface area contributed by atoms with Crippen molar-refractivity contribution in [3.8, 4) is 0 Å². The summed E-state index contributed by atoms with van der Waals surface area (Å²) in [6.45, 7) is 6.45. The lowest BCUT2D eigenvalue weighted by Crippen LogP contribution is -2.10. The Bertz CT molecular complexity index is 697. The van der Waals surface area contributed by atoms with Crippen LogP contribution in [0.3, 0.4) is 0 Å². The van der Waals surface area contributed by atoms with Gasteiger partial charge in [-0.2, -0.15) is 0 Å². The van der Waals surface area contributed by atoms with Crippen LogP contribution in [0.15, 0.2) is 11.4 Å². The Morgan fingerprint density at radius 1 is 1.53 bits per heavy atom. The van der Waals surface area contributed by atoms with E-state index >= 15 is 0 Å².